The number of ether oxygens (including phenoxy) is 1. The van der Waals surface area contributed by atoms with Gasteiger partial charge in [-0.15, -0.1) is 0 Å². The van der Waals surface area contributed by atoms with E-state index in [0.29, 0.717) is 5.82 Å². The van der Waals surface area contributed by atoms with E-state index in [4.69, 9.17) is 10.5 Å². The number of hydrogen-bond acceptors (Lipinski definition) is 5. The summed E-state index contributed by atoms with van der Waals surface area (Å²) in [6.45, 7) is 9.21. The lowest BCUT2D eigenvalue weighted by Gasteiger charge is -2.22. The number of rotatable bonds is 3. The van der Waals surface area contributed by atoms with E-state index in [1.54, 1.807) is 6.07 Å². The highest BCUT2D eigenvalue weighted by atomic mass is 16.5. The van der Waals surface area contributed by atoms with Crippen LogP contribution in [0, 0.1) is 0 Å². The van der Waals surface area contributed by atoms with Crippen molar-refractivity contribution >= 4 is 11.6 Å². The van der Waals surface area contributed by atoms with Gasteiger partial charge in [0.05, 0.1) is 12.1 Å². The van der Waals surface area contributed by atoms with E-state index < -0.39 is 0 Å². The third-order valence-electron chi connectivity index (χ3n) is 3.31. The van der Waals surface area contributed by atoms with Gasteiger partial charge in [0, 0.05) is 18.1 Å². The summed E-state index contributed by atoms with van der Waals surface area (Å²) in [6.07, 6.45) is 2.49. The summed E-state index contributed by atoms with van der Waals surface area (Å²) < 4.78 is 5.68. The van der Waals surface area contributed by atoms with Gasteiger partial charge >= 0.3 is 0 Å². The smallest absolute Gasteiger partial charge is 0.138 e. The van der Waals surface area contributed by atoms with Gasteiger partial charge in [-0.2, -0.15) is 0 Å². The molecule has 1 aromatic rings. The highest BCUT2D eigenvalue weighted by Gasteiger charge is 2.24. The number of nitrogens with zero attached hydrogens (tertiary/aromatic N) is 2. The normalized spacial score (nSPS) is 21.4. The molecule has 0 saturated carbocycles. The summed E-state index contributed by atoms with van der Waals surface area (Å²) in [4.78, 5) is 8.86. The van der Waals surface area contributed by atoms with Crippen LogP contribution in [-0.4, -0.2) is 28.7 Å². The standard InChI is InChI=1S/C14H24N4O/c1-9(10-6-5-7-19-10)16-12-8-11(15)17-13(18-12)14(2,3)4/h8-10H,5-7H2,1-4H3,(H3,15,16,17,18). The molecule has 0 spiro atoms. The number of aromatic nitrogens is 2. The number of hydrogen-bond donors (Lipinski definition) is 2. The Hall–Kier alpha value is -1.36. The molecular formula is C14H24N4O. The molecule has 5 heteroatoms. The molecule has 19 heavy (non-hydrogen) atoms. The number of nitrogen functional groups attached to an aromatic ring is 1. The van der Waals surface area contributed by atoms with Gasteiger partial charge in [-0.1, -0.05) is 20.8 Å². The molecule has 0 aliphatic carbocycles. The molecule has 0 radical (unpaired) electrons. The van der Waals surface area contributed by atoms with Crippen LogP contribution in [0.15, 0.2) is 6.07 Å². The molecule has 1 aliphatic rings. The minimum atomic E-state index is -0.112. The first-order chi connectivity index (χ1) is 8.86. The molecular weight excluding hydrogens is 240 g/mol. The minimum Gasteiger partial charge on any atom is -0.384 e. The van der Waals surface area contributed by atoms with Crippen LogP contribution < -0.4 is 11.1 Å². The summed E-state index contributed by atoms with van der Waals surface area (Å²) >= 11 is 0. The maximum atomic E-state index is 5.86. The van der Waals surface area contributed by atoms with Crippen molar-refractivity contribution in [1.29, 1.82) is 0 Å². The Bertz CT molecular complexity index is 436. The van der Waals surface area contributed by atoms with Crippen LogP contribution in [0.3, 0.4) is 0 Å². The molecule has 1 fully saturated rings. The SMILES string of the molecule is CC(Nc1cc(N)nc(C(C)(C)C)n1)C1CCCO1. The van der Waals surface area contributed by atoms with Crippen LogP contribution in [0.2, 0.25) is 0 Å². The largest absolute Gasteiger partial charge is 0.384 e. The van der Waals surface area contributed by atoms with Crippen LogP contribution in [0.4, 0.5) is 11.6 Å². The fourth-order valence-corrected chi connectivity index (χ4v) is 2.20. The Morgan fingerprint density at radius 2 is 2.16 bits per heavy atom. The Labute approximate surface area is 115 Å². The summed E-state index contributed by atoms with van der Waals surface area (Å²) in [5.74, 6) is 2.04. The molecule has 1 aromatic heterocycles. The monoisotopic (exact) mass is 264 g/mol. The van der Waals surface area contributed by atoms with Gasteiger partial charge in [-0.25, -0.2) is 9.97 Å². The Balaban J connectivity index is 2.13. The second-order valence-corrected chi connectivity index (χ2v) is 6.24. The molecule has 3 N–H and O–H groups in total. The third kappa shape index (κ3) is 3.56. The number of nitrogens with two attached hydrogens (primary N) is 1. The first-order valence-corrected chi connectivity index (χ1v) is 6.89. The van der Waals surface area contributed by atoms with Gasteiger partial charge in [0.15, 0.2) is 0 Å². The zero-order valence-electron chi connectivity index (χ0n) is 12.2. The van der Waals surface area contributed by atoms with Crippen molar-refractivity contribution in [2.45, 2.75) is 58.1 Å². The zero-order chi connectivity index (χ0) is 14.0. The fraction of sp³-hybridized carbons (Fsp3) is 0.714. The van der Waals surface area contributed by atoms with Crippen LogP contribution in [0.1, 0.15) is 46.4 Å². The summed E-state index contributed by atoms with van der Waals surface area (Å²) in [5.41, 5.74) is 5.75. The van der Waals surface area contributed by atoms with Crippen molar-refractivity contribution in [2.75, 3.05) is 17.7 Å². The van der Waals surface area contributed by atoms with E-state index in [-0.39, 0.29) is 17.6 Å². The van der Waals surface area contributed by atoms with Crippen molar-refractivity contribution in [3.05, 3.63) is 11.9 Å². The predicted octanol–water partition coefficient (Wildman–Crippen LogP) is 2.34. The van der Waals surface area contributed by atoms with E-state index in [9.17, 15) is 0 Å². The van der Waals surface area contributed by atoms with E-state index in [0.717, 1.165) is 31.1 Å². The molecule has 2 heterocycles. The average Bonchev–Trinajstić information content (AvgIpc) is 2.80. The first kappa shape index (κ1) is 14.1. The van der Waals surface area contributed by atoms with Gasteiger partial charge in [0.2, 0.25) is 0 Å². The van der Waals surface area contributed by atoms with Gasteiger partial charge in [0.1, 0.15) is 17.5 Å². The zero-order valence-corrected chi connectivity index (χ0v) is 12.2. The fourth-order valence-electron chi connectivity index (χ4n) is 2.20. The predicted molar refractivity (Wildman–Crippen MR) is 77.2 cm³/mol. The maximum Gasteiger partial charge on any atom is 0.138 e. The first-order valence-electron chi connectivity index (χ1n) is 6.89. The van der Waals surface area contributed by atoms with Gasteiger partial charge in [-0.3, -0.25) is 0 Å². The van der Waals surface area contributed by atoms with Gasteiger partial charge in [0.25, 0.3) is 0 Å². The van der Waals surface area contributed by atoms with E-state index >= 15 is 0 Å². The Kier molecular flexibility index (Phi) is 3.94. The minimum absolute atomic E-state index is 0.112. The maximum absolute atomic E-state index is 5.86. The molecule has 0 aromatic carbocycles. The van der Waals surface area contributed by atoms with Crippen molar-refractivity contribution in [1.82, 2.24) is 9.97 Å². The third-order valence-corrected chi connectivity index (χ3v) is 3.31. The number of nitrogens with one attached hydrogen (secondary N) is 1. The highest BCUT2D eigenvalue weighted by Crippen LogP contribution is 2.23. The van der Waals surface area contributed by atoms with Crippen LogP contribution in [0.25, 0.3) is 0 Å². The lowest BCUT2D eigenvalue weighted by molar-refractivity contribution is 0.0995. The Morgan fingerprint density at radius 1 is 1.42 bits per heavy atom. The van der Waals surface area contributed by atoms with Gasteiger partial charge < -0.3 is 15.8 Å². The summed E-state index contributed by atoms with van der Waals surface area (Å²) in [5, 5.41) is 3.38. The molecule has 0 amide bonds. The summed E-state index contributed by atoms with van der Waals surface area (Å²) in [6, 6.07) is 2.00. The van der Waals surface area contributed by atoms with Crippen molar-refractivity contribution in [3.63, 3.8) is 0 Å². The van der Waals surface area contributed by atoms with E-state index in [1.807, 2.05) is 0 Å². The number of anilines is 2. The summed E-state index contributed by atoms with van der Waals surface area (Å²) in [7, 11) is 0. The second kappa shape index (κ2) is 5.33. The molecule has 0 bridgehead atoms. The van der Waals surface area contributed by atoms with Crippen molar-refractivity contribution in [3.8, 4) is 0 Å². The molecule has 5 nitrogen and oxygen atoms in total. The van der Waals surface area contributed by atoms with E-state index in [1.165, 1.54) is 0 Å². The second-order valence-electron chi connectivity index (χ2n) is 6.24. The van der Waals surface area contributed by atoms with Gasteiger partial charge in [-0.05, 0) is 19.8 Å². The topological polar surface area (TPSA) is 73.1 Å². The average molecular weight is 264 g/mol. The quantitative estimate of drug-likeness (QED) is 0.876. The van der Waals surface area contributed by atoms with Crippen LogP contribution in [-0.2, 0) is 10.2 Å². The molecule has 1 aliphatic heterocycles. The van der Waals surface area contributed by atoms with Crippen LogP contribution >= 0.6 is 0 Å². The molecule has 1 saturated heterocycles. The van der Waals surface area contributed by atoms with Crippen molar-refractivity contribution < 1.29 is 4.74 Å². The lowest BCUT2D eigenvalue weighted by Crippen LogP contribution is -2.31. The molecule has 2 atom stereocenters. The lowest BCUT2D eigenvalue weighted by atomic mass is 9.96. The van der Waals surface area contributed by atoms with E-state index in [2.05, 4.69) is 43.0 Å². The highest BCUT2D eigenvalue weighted by molar-refractivity contribution is 5.46. The van der Waals surface area contributed by atoms with Crippen molar-refractivity contribution in [2.24, 2.45) is 0 Å². The molecule has 2 unspecified atom stereocenters. The molecule has 106 valence electrons. The Morgan fingerprint density at radius 3 is 2.74 bits per heavy atom. The van der Waals surface area contributed by atoms with Crippen LogP contribution in [0.5, 0.6) is 0 Å². The molecule has 2 rings (SSSR count).